The molecule has 0 aromatic rings. The van der Waals surface area contributed by atoms with E-state index in [4.69, 9.17) is 9.84 Å². The molecule has 78 valence electrons. The van der Waals surface area contributed by atoms with Gasteiger partial charge in [-0.1, -0.05) is 0 Å². The van der Waals surface area contributed by atoms with Crippen molar-refractivity contribution in [3.05, 3.63) is 0 Å². The van der Waals surface area contributed by atoms with Crippen molar-refractivity contribution in [1.29, 1.82) is 0 Å². The number of aliphatic hydroxyl groups excluding tert-OH is 1. The largest absolute Gasteiger partial charge is 0.459 e. The molecular formula is C9H19NO3. The number of esters is 1. The number of hydrogen-bond acceptors (Lipinski definition) is 4. The lowest BCUT2D eigenvalue weighted by Gasteiger charge is -2.20. The summed E-state index contributed by atoms with van der Waals surface area (Å²) in [6.45, 7) is 7.41. The summed E-state index contributed by atoms with van der Waals surface area (Å²) in [6.07, 6.45) is 0. The molecule has 4 heteroatoms. The van der Waals surface area contributed by atoms with Crippen molar-refractivity contribution in [2.75, 3.05) is 13.2 Å². The smallest absolute Gasteiger partial charge is 0.320 e. The van der Waals surface area contributed by atoms with Crippen molar-refractivity contribution in [2.45, 2.75) is 39.3 Å². The first-order valence-corrected chi connectivity index (χ1v) is 4.41. The highest BCUT2D eigenvalue weighted by Gasteiger charge is 2.16. The van der Waals surface area contributed by atoms with Crippen LogP contribution in [-0.2, 0) is 9.53 Å². The molecule has 0 spiro atoms. The third kappa shape index (κ3) is 7.74. The number of nitrogens with one attached hydrogen (secondary N) is 1. The first-order valence-electron chi connectivity index (χ1n) is 4.41. The van der Waals surface area contributed by atoms with Gasteiger partial charge in [-0.05, 0) is 27.7 Å². The number of hydrogen-bond donors (Lipinski definition) is 2. The average Bonchev–Trinajstić information content (AvgIpc) is 1.97. The van der Waals surface area contributed by atoms with E-state index in [1.165, 1.54) is 0 Å². The topological polar surface area (TPSA) is 58.6 Å². The molecule has 2 N–H and O–H groups in total. The molecule has 0 saturated heterocycles. The molecule has 0 aromatic heterocycles. The third-order valence-electron chi connectivity index (χ3n) is 1.29. The van der Waals surface area contributed by atoms with Crippen LogP contribution in [0.2, 0.25) is 0 Å². The van der Waals surface area contributed by atoms with Crippen molar-refractivity contribution in [1.82, 2.24) is 5.32 Å². The highest BCUT2D eigenvalue weighted by molar-refractivity contribution is 5.72. The molecule has 1 unspecified atom stereocenters. The fraction of sp³-hybridized carbons (Fsp3) is 0.889. The molecule has 0 radical (unpaired) electrons. The molecule has 0 rings (SSSR count). The van der Waals surface area contributed by atoms with Crippen molar-refractivity contribution in [2.24, 2.45) is 0 Å². The van der Waals surface area contributed by atoms with Gasteiger partial charge in [0.15, 0.2) is 0 Å². The molecule has 0 aromatic carbocycles. The Morgan fingerprint density at radius 1 is 1.54 bits per heavy atom. The second-order valence-electron chi connectivity index (χ2n) is 4.05. The third-order valence-corrected chi connectivity index (χ3v) is 1.29. The van der Waals surface area contributed by atoms with E-state index in [0.29, 0.717) is 0 Å². The van der Waals surface area contributed by atoms with E-state index in [1.807, 2.05) is 20.8 Å². The predicted molar refractivity (Wildman–Crippen MR) is 50.4 cm³/mol. The number of aliphatic hydroxyl groups is 1. The molecule has 1 atom stereocenters. The van der Waals surface area contributed by atoms with E-state index in [2.05, 4.69) is 5.32 Å². The number of ether oxygens (including phenoxy) is 1. The predicted octanol–water partition coefficient (Wildman–Crippen LogP) is 0.298. The minimum absolute atomic E-state index is 0.0167. The molecular weight excluding hydrogens is 170 g/mol. The second kappa shape index (κ2) is 5.19. The molecule has 0 amide bonds. The standard InChI is InChI=1S/C9H19NO3/c1-7(6-11)10-5-8(12)13-9(2,3)4/h7,10-11H,5-6H2,1-4H3. The van der Waals surface area contributed by atoms with Gasteiger partial charge in [-0.15, -0.1) is 0 Å². The van der Waals surface area contributed by atoms with Crippen LogP contribution in [0.4, 0.5) is 0 Å². The Morgan fingerprint density at radius 3 is 2.46 bits per heavy atom. The van der Waals surface area contributed by atoms with Gasteiger partial charge in [0.2, 0.25) is 0 Å². The lowest BCUT2D eigenvalue weighted by Crippen LogP contribution is -2.37. The molecule has 0 heterocycles. The van der Waals surface area contributed by atoms with Gasteiger partial charge in [-0.3, -0.25) is 4.79 Å². The van der Waals surface area contributed by atoms with Gasteiger partial charge in [0, 0.05) is 6.04 Å². The van der Waals surface area contributed by atoms with Gasteiger partial charge in [-0.2, -0.15) is 0 Å². The molecule has 0 aliphatic carbocycles. The molecule has 0 fully saturated rings. The van der Waals surface area contributed by atoms with Gasteiger partial charge in [0.25, 0.3) is 0 Å². The Balaban J connectivity index is 3.64. The fourth-order valence-electron chi connectivity index (χ4n) is 0.700. The van der Waals surface area contributed by atoms with Gasteiger partial charge in [0.1, 0.15) is 5.60 Å². The summed E-state index contributed by atoms with van der Waals surface area (Å²) in [5, 5.41) is 11.5. The van der Waals surface area contributed by atoms with Crippen LogP contribution in [0.5, 0.6) is 0 Å². The van der Waals surface area contributed by atoms with Crippen molar-refractivity contribution >= 4 is 5.97 Å². The number of rotatable bonds is 4. The molecule has 0 bridgehead atoms. The zero-order valence-corrected chi connectivity index (χ0v) is 8.76. The van der Waals surface area contributed by atoms with E-state index in [-0.39, 0.29) is 25.2 Å². The van der Waals surface area contributed by atoms with Gasteiger partial charge < -0.3 is 15.2 Å². The average molecular weight is 189 g/mol. The van der Waals surface area contributed by atoms with Crippen LogP contribution < -0.4 is 5.32 Å². The molecule has 0 aliphatic rings. The summed E-state index contributed by atoms with van der Waals surface area (Å²) in [5.41, 5.74) is -0.443. The van der Waals surface area contributed by atoms with Crippen LogP contribution in [-0.4, -0.2) is 35.9 Å². The first-order chi connectivity index (χ1) is 5.85. The van der Waals surface area contributed by atoms with E-state index < -0.39 is 5.60 Å². The zero-order chi connectivity index (χ0) is 10.5. The van der Waals surface area contributed by atoms with Crippen LogP contribution in [0.3, 0.4) is 0 Å². The summed E-state index contributed by atoms with van der Waals surface area (Å²) in [4.78, 5) is 11.1. The fourth-order valence-corrected chi connectivity index (χ4v) is 0.700. The van der Waals surface area contributed by atoms with Gasteiger partial charge in [0.05, 0.1) is 13.2 Å². The summed E-state index contributed by atoms with van der Waals surface area (Å²) >= 11 is 0. The van der Waals surface area contributed by atoms with Crippen LogP contribution >= 0.6 is 0 Å². The summed E-state index contributed by atoms with van der Waals surface area (Å²) < 4.78 is 5.05. The Bertz CT molecular complexity index is 163. The minimum Gasteiger partial charge on any atom is -0.459 e. The zero-order valence-electron chi connectivity index (χ0n) is 8.76. The monoisotopic (exact) mass is 189 g/mol. The van der Waals surface area contributed by atoms with E-state index in [9.17, 15) is 4.79 Å². The summed E-state index contributed by atoms with van der Waals surface area (Å²) in [7, 11) is 0. The maximum Gasteiger partial charge on any atom is 0.320 e. The maximum atomic E-state index is 11.1. The van der Waals surface area contributed by atoms with Crippen LogP contribution in [0.15, 0.2) is 0 Å². The van der Waals surface area contributed by atoms with E-state index in [0.717, 1.165) is 0 Å². The van der Waals surface area contributed by atoms with Gasteiger partial charge >= 0.3 is 5.97 Å². The summed E-state index contributed by atoms with van der Waals surface area (Å²) in [6, 6.07) is -0.0764. The molecule has 0 saturated carbocycles. The number of carbonyl (C=O) groups is 1. The SMILES string of the molecule is CC(CO)NCC(=O)OC(C)(C)C. The molecule has 13 heavy (non-hydrogen) atoms. The normalized spacial score (nSPS) is 13.9. The molecule has 4 nitrogen and oxygen atoms in total. The van der Waals surface area contributed by atoms with Gasteiger partial charge in [-0.25, -0.2) is 0 Å². The minimum atomic E-state index is -0.443. The van der Waals surface area contributed by atoms with Crippen LogP contribution in [0.1, 0.15) is 27.7 Å². The van der Waals surface area contributed by atoms with E-state index >= 15 is 0 Å². The highest BCUT2D eigenvalue weighted by atomic mass is 16.6. The Hall–Kier alpha value is -0.610. The quantitative estimate of drug-likeness (QED) is 0.624. The first kappa shape index (κ1) is 12.4. The summed E-state index contributed by atoms with van der Waals surface area (Å²) in [5.74, 6) is -0.298. The highest BCUT2D eigenvalue weighted by Crippen LogP contribution is 2.06. The lowest BCUT2D eigenvalue weighted by atomic mass is 10.2. The van der Waals surface area contributed by atoms with Crippen LogP contribution in [0, 0.1) is 0 Å². The molecule has 0 aliphatic heterocycles. The van der Waals surface area contributed by atoms with Crippen molar-refractivity contribution in [3.8, 4) is 0 Å². The van der Waals surface area contributed by atoms with Crippen molar-refractivity contribution < 1.29 is 14.6 Å². The van der Waals surface area contributed by atoms with Crippen LogP contribution in [0.25, 0.3) is 0 Å². The Kier molecular flexibility index (Phi) is 4.95. The lowest BCUT2D eigenvalue weighted by molar-refractivity contribution is -0.153. The number of carbonyl (C=O) groups excluding carboxylic acids is 1. The Morgan fingerprint density at radius 2 is 2.08 bits per heavy atom. The Labute approximate surface area is 79.3 Å². The van der Waals surface area contributed by atoms with Crippen molar-refractivity contribution in [3.63, 3.8) is 0 Å². The maximum absolute atomic E-state index is 11.1. The second-order valence-corrected chi connectivity index (χ2v) is 4.05. The van der Waals surface area contributed by atoms with E-state index in [1.54, 1.807) is 6.92 Å².